The van der Waals surface area contributed by atoms with E-state index in [-0.39, 0.29) is 17.1 Å². The van der Waals surface area contributed by atoms with Gasteiger partial charge < -0.3 is 9.84 Å². The Labute approximate surface area is 75.9 Å². The van der Waals surface area contributed by atoms with E-state index in [4.69, 9.17) is 4.74 Å². The van der Waals surface area contributed by atoms with Gasteiger partial charge in [-0.05, 0) is 19.3 Å². The standard InChI is InChI=1S/C10H22O2/c1-9(2,3)8(11)7-10(4,5)12-6/h8,11H,7H2,1-6H3. The third-order valence-corrected chi connectivity index (χ3v) is 2.24. The van der Waals surface area contributed by atoms with Gasteiger partial charge in [0.2, 0.25) is 0 Å². The monoisotopic (exact) mass is 174 g/mol. The predicted octanol–water partition coefficient (Wildman–Crippen LogP) is 2.21. The van der Waals surface area contributed by atoms with E-state index in [0.717, 1.165) is 0 Å². The van der Waals surface area contributed by atoms with Crippen LogP contribution in [0.3, 0.4) is 0 Å². The molecule has 0 saturated carbocycles. The minimum atomic E-state index is -0.313. The van der Waals surface area contributed by atoms with Crippen molar-refractivity contribution in [2.45, 2.75) is 52.7 Å². The van der Waals surface area contributed by atoms with Gasteiger partial charge in [-0.1, -0.05) is 20.8 Å². The molecule has 0 rings (SSSR count). The maximum absolute atomic E-state index is 9.77. The van der Waals surface area contributed by atoms with E-state index in [1.165, 1.54) is 0 Å². The number of aliphatic hydroxyl groups is 1. The molecule has 0 spiro atoms. The first kappa shape index (κ1) is 11.9. The highest BCUT2D eigenvalue weighted by Gasteiger charge is 2.29. The summed E-state index contributed by atoms with van der Waals surface area (Å²) in [6, 6.07) is 0. The van der Waals surface area contributed by atoms with Crippen LogP contribution in [0.2, 0.25) is 0 Å². The van der Waals surface area contributed by atoms with Crippen molar-refractivity contribution < 1.29 is 9.84 Å². The first-order valence-electron chi connectivity index (χ1n) is 4.42. The van der Waals surface area contributed by atoms with Crippen molar-refractivity contribution in [1.82, 2.24) is 0 Å². The maximum Gasteiger partial charge on any atom is 0.0647 e. The van der Waals surface area contributed by atoms with Crippen molar-refractivity contribution in [2.24, 2.45) is 5.41 Å². The van der Waals surface area contributed by atoms with Crippen LogP contribution in [0.15, 0.2) is 0 Å². The number of rotatable bonds is 3. The van der Waals surface area contributed by atoms with Crippen molar-refractivity contribution in [3.8, 4) is 0 Å². The van der Waals surface area contributed by atoms with Crippen molar-refractivity contribution in [1.29, 1.82) is 0 Å². The number of hydrogen-bond donors (Lipinski definition) is 1. The van der Waals surface area contributed by atoms with Crippen LogP contribution < -0.4 is 0 Å². The lowest BCUT2D eigenvalue weighted by Gasteiger charge is -2.32. The van der Waals surface area contributed by atoms with Gasteiger partial charge in [0, 0.05) is 13.5 Å². The minimum absolute atomic E-state index is 0.0597. The largest absolute Gasteiger partial charge is 0.392 e. The molecule has 0 aromatic carbocycles. The van der Waals surface area contributed by atoms with Gasteiger partial charge in [-0.2, -0.15) is 0 Å². The summed E-state index contributed by atoms with van der Waals surface area (Å²) < 4.78 is 5.24. The lowest BCUT2D eigenvalue weighted by Crippen LogP contribution is -2.35. The number of ether oxygens (including phenoxy) is 1. The van der Waals surface area contributed by atoms with Crippen molar-refractivity contribution in [2.75, 3.05) is 7.11 Å². The molecular weight excluding hydrogens is 152 g/mol. The van der Waals surface area contributed by atoms with E-state index >= 15 is 0 Å². The molecule has 0 saturated heterocycles. The fourth-order valence-corrected chi connectivity index (χ4v) is 0.855. The molecule has 0 radical (unpaired) electrons. The fourth-order valence-electron chi connectivity index (χ4n) is 0.855. The first-order chi connectivity index (χ1) is 5.19. The van der Waals surface area contributed by atoms with Crippen LogP contribution in [0, 0.1) is 5.41 Å². The number of hydrogen-bond acceptors (Lipinski definition) is 2. The number of aliphatic hydroxyl groups excluding tert-OH is 1. The zero-order valence-corrected chi connectivity index (χ0v) is 9.14. The maximum atomic E-state index is 9.77. The highest BCUT2D eigenvalue weighted by atomic mass is 16.5. The van der Waals surface area contributed by atoms with Gasteiger partial charge in [0.15, 0.2) is 0 Å². The molecule has 0 aliphatic heterocycles. The molecule has 0 fully saturated rings. The summed E-state index contributed by atoms with van der Waals surface area (Å²) in [4.78, 5) is 0. The lowest BCUT2D eigenvalue weighted by atomic mass is 9.83. The second-order valence-electron chi connectivity index (χ2n) is 5.05. The van der Waals surface area contributed by atoms with E-state index in [9.17, 15) is 5.11 Å². The first-order valence-corrected chi connectivity index (χ1v) is 4.42. The topological polar surface area (TPSA) is 29.5 Å². The Balaban J connectivity index is 4.09. The summed E-state index contributed by atoms with van der Waals surface area (Å²) in [6.45, 7) is 10.1. The molecule has 1 unspecified atom stereocenters. The van der Waals surface area contributed by atoms with Crippen molar-refractivity contribution in [3.63, 3.8) is 0 Å². The van der Waals surface area contributed by atoms with Gasteiger partial charge in [0.05, 0.1) is 11.7 Å². The van der Waals surface area contributed by atoms with Gasteiger partial charge in [-0.3, -0.25) is 0 Å². The quantitative estimate of drug-likeness (QED) is 0.711. The van der Waals surface area contributed by atoms with E-state index in [2.05, 4.69) is 0 Å². The summed E-state index contributed by atoms with van der Waals surface area (Å²) in [6.07, 6.45) is 0.361. The molecule has 0 aliphatic carbocycles. The SMILES string of the molecule is COC(C)(C)CC(O)C(C)(C)C. The smallest absolute Gasteiger partial charge is 0.0647 e. The molecule has 0 bridgehead atoms. The van der Waals surface area contributed by atoms with Crippen molar-refractivity contribution in [3.05, 3.63) is 0 Å². The molecule has 74 valence electrons. The average Bonchev–Trinajstić information content (AvgIpc) is 1.85. The Kier molecular flexibility index (Phi) is 3.73. The van der Waals surface area contributed by atoms with Gasteiger partial charge in [0.25, 0.3) is 0 Å². The van der Waals surface area contributed by atoms with Gasteiger partial charge in [-0.15, -0.1) is 0 Å². The summed E-state index contributed by atoms with van der Waals surface area (Å²) in [5.74, 6) is 0. The molecular formula is C10H22O2. The Morgan fingerprint density at radius 1 is 1.17 bits per heavy atom. The zero-order valence-electron chi connectivity index (χ0n) is 9.14. The molecule has 1 N–H and O–H groups in total. The molecule has 2 heteroatoms. The van der Waals surface area contributed by atoms with Crippen LogP contribution in [0.1, 0.15) is 41.0 Å². The van der Waals surface area contributed by atoms with E-state index in [0.29, 0.717) is 6.42 Å². The third-order valence-electron chi connectivity index (χ3n) is 2.24. The summed E-state index contributed by atoms with van der Waals surface area (Å²) in [5, 5.41) is 9.77. The molecule has 0 aliphatic rings. The van der Waals surface area contributed by atoms with E-state index in [1.807, 2.05) is 34.6 Å². The summed E-state index contributed by atoms with van der Waals surface area (Å²) in [5.41, 5.74) is -0.289. The Morgan fingerprint density at radius 3 is 1.83 bits per heavy atom. The van der Waals surface area contributed by atoms with Crippen LogP contribution in [0.25, 0.3) is 0 Å². The third kappa shape index (κ3) is 4.07. The second kappa shape index (κ2) is 3.75. The molecule has 0 amide bonds. The van der Waals surface area contributed by atoms with Crippen LogP contribution in [0.4, 0.5) is 0 Å². The molecule has 1 atom stereocenters. The molecule has 0 aromatic rings. The Hall–Kier alpha value is -0.0800. The molecule has 0 heterocycles. The molecule has 12 heavy (non-hydrogen) atoms. The summed E-state index contributed by atoms with van der Waals surface area (Å²) >= 11 is 0. The highest BCUT2D eigenvalue weighted by Crippen LogP contribution is 2.27. The predicted molar refractivity (Wildman–Crippen MR) is 51.2 cm³/mol. The van der Waals surface area contributed by atoms with Gasteiger partial charge >= 0.3 is 0 Å². The lowest BCUT2D eigenvalue weighted by molar-refractivity contribution is -0.0485. The number of methoxy groups -OCH3 is 1. The average molecular weight is 174 g/mol. The highest BCUT2D eigenvalue weighted by molar-refractivity contribution is 4.80. The van der Waals surface area contributed by atoms with Crippen LogP contribution in [-0.4, -0.2) is 23.9 Å². The second-order valence-corrected chi connectivity index (χ2v) is 5.05. The van der Waals surface area contributed by atoms with Crippen molar-refractivity contribution >= 4 is 0 Å². The minimum Gasteiger partial charge on any atom is -0.392 e. The summed E-state index contributed by atoms with van der Waals surface area (Å²) in [7, 11) is 1.68. The normalized spacial score (nSPS) is 16.2. The van der Waals surface area contributed by atoms with Crippen LogP contribution >= 0.6 is 0 Å². The van der Waals surface area contributed by atoms with Gasteiger partial charge in [0.1, 0.15) is 0 Å². The van der Waals surface area contributed by atoms with Gasteiger partial charge in [-0.25, -0.2) is 0 Å². The van der Waals surface area contributed by atoms with Crippen LogP contribution in [0.5, 0.6) is 0 Å². The van der Waals surface area contributed by atoms with Crippen LogP contribution in [-0.2, 0) is 4.74 Å². The Morgan fingerprint density at radius 2 is 1.58 bits per heavy atom. The Bertz CT molecular complexity index is 133. The van der Waals surface area contributed by atoms with E-state index in [1.54, 1.807) is 7.11 Å². The zero-order chi connectivity index (χ0) is 9.99. The van der Waals surface area contributed by atoms with E-state index < -0.39 is 0 Å². The molecule has 2 nitrogen and oxygen atoms in total. The fraction of sp³-hybridized carbons (Fsp3) is 1.00. The molecule has 0 aromatic heterocycles.